The molecule has 1 aliphatic heterocycles. The van der Waals surface area contributed by atoms with Crippen molar-refractivity contribution in [3.8, 4) is 5.75 Å². The van der Waals surface area contributed by atoms with E-state index in [1.807, 2.05) is 24.3 Å². The van der Waals surface area contributed by atoms with Gasteiger partial charge in [-0.15, -0.1) is 5.10 Å². The van der Waals surface area contributed by atoms with E-state index >= 15 is 0 Å². The molecule has 0 saturated heterocycles. The van der Waals surface area contributed by atoms with Gasteiger partial charge < -0.3 is 10.5 Å². The molecule has 8 nitrogen and oxygen atoms in total. The topological polar surface area (TPSA) is 94.5 Å². The Balaban J connectivity index is 1.51. The lowest BCUT2D eigenvalue weighted by molar-refractivity contribution is 0.0216. The number of nitrogen functional groups attached to an aromatic ring is 1. The van der Waals surface area contributed by atoms with Crippen LogP contribution in [0.25, 0.3) is 16.6 Å². The molecule has 0 spiro atoms. The van der Waals surface area contributed by atoms with Gasteiger partial charge in [-0.05, 0) is 23.8 Å². The van der Waals surface area contributed by atoms with Crippen LogP contribution in [0.4, 0.5) is 14.7 Å². The van der Waals surface area contributed by atoms with Crippen molar-refractivity contribution in [3.05, 3.63) is 53.6 Å². The second-order valence-corrected chi connectivity index (χ2v) is 7.21. The minimum absolute atomic E-state index is 0.0156. The zero-order chi connectivity index (χ0) is 20.8. The van der Waals surface area contributed by atoms with Crippen LogP contribution in [0.5, 0.6) is 5.75 Å². The molecule has 2 N–H and O–H groups in total. The van der Waals surface area contributed by atoms with E-state index in [-0.39, 0.29) is 18.2 Å². The number of hydrogen-bond acceptors (Lipinski definition) is 7. The first kappa shape index (κ1) is 18.6. The standard InChI is InChI=1S/C20H19F2N7O/c1-30-15-6-2-5-12-17(15)26-20(23)29-19(12)25-16(27-29)8-14(18(21)22)28-9-11-4-3-7-24-13(11)10-28/h2-7,14,18H,8-10H2,1H3,(H2,23,26)/t14-/m0/s1. The Bertz CT molecular complexity index is 1220. The molecule has 4 aromatic rings. The van der Waals surface area contributed by atoms with Crippen LogP contribution in [0.15, 0.2) is 36.5 Å². The summed E-state index contributed by atoms with van der Waals surface area (Å²) in [6, 6.07) is 8.11. The summed E-state index contributed by atoms with van der Waals surface area (Å²) in [4.78, 5) is 14.9. The number of alkyl halides is 2. The van der Waals surface area contributed by atoms with Gasteiger partial charge in [0, 0.05) is 31.1 Å². The number of rotatable bonds is 5. The minimum Gasteiger partial charge on any atom is -0.494 e. The molecular formula is C20H19F2N7O. The first-order valence-corrected chi connectivity index (χ1v) is 9.48. The Kier molecular flexibility index (Phi) is 4.43. The highest BCUT2D eigenvalue weighted by atomic mass is 19.3. The van der Waals surface area contributed by atoms with Crippen molar-refractivity contribution in [1.82, 2.24) is 29.5 Å². The summed E-state index contributed by atoms with van der Waals surface area (Å²) in [5.74, 6) is 0.958. The van der Waals surface area contributed by atoms with Crippen molar-refractivity contribution in [2.24, 2.45) is 0 Å². The highest BCUT2D eigenvalue weighted by molar-refractivity contribution is 5.95. The molecule has 0 fully saturated rings. The fourth-order valence-electron chi connectivity index (χ4n) is 3.94. The van der Waals surface area contributed by atoms with Crippen molar-refractivity contribution < 1.29 is 13.5 Å². The Hall–Kier alpha value is -3.40. The van der Waals surface area contributed by atoms with Crippen LogP contribution < -0.4 is 10.5 Å². The van der Waals surface area contributed by atoms with Gasteiger partial charge in [0.05, 0.1) is 18.8 Å². The number of halogens is 2. The quantitative estimate of drug-likeness (QED) is 0.539. The maximum Gasteiger partial charge on any atom is 0.254 e. The summed E-state index contributed by atoms with van der Waals surface area (Å²) in [5, 5.41) is 5.05. The fraction of sp³-hybridized carbons (Fsp3) is 0.300. The van der Waals surface area contributed by atoms with Crippen LogP contribution in [0.2, 0.25) is 0 Å². The molecule has 0 saturated carbocycles. The third-order valence-electron chi connectivity index (χ3n) is 5.42. The van der Waals surface area contributed by atoms with Crippen molar-refractivity contribution in [2.75, 3.05) is 12.8 Å². The van der Waals surface area contributed by atoms with Crippen LogP contribution in [0.1, 0.15) is 17.1 Å². The van der Waals surface area contributed by atoms with Crippen LogP contribution in [0.3, 0.4) is 0 Å². The molecule has 1 atom stereocenters. The third kappa shape index (κ3) is 3.00. The average Bonchev–Trinajstić information content (AvgIpc) is 3.36. The van der Waals surface area contributed by atoms with Crippen molar-refractivity contribution in [1.29, 1.82) is 0 Å². The maximum atomic E-state index is 14.0. The number of aromatic nitrogens is 5. The third-order valence-corrected chi connectivity index (χ3v) is 5.42. The minimum atomic E-state index is -2.56. The summed E-state index contributed by atoms with van der Waals surface area (Å²) >= 11 is 0. The summed E-state index contributed by atoms with van der Waals surface area (Å²) < 4.78 is 34.7. The molecule has 0 bridgehead atoms. The smallest absolute Gasteiger partial charge is 0.254 e. The number of fused-ring (bicyclic) bond motifs is 4. The van der Waals surface area contributed by atoms with Gasteiger partial charge >= 0.3 is 0 Å². The molecule has 0 radical (unpaired) electrons. The molecular weight excluding hydrogens is 392 g/mol. The number of methoxy groups -OCH3 is 1. The monoisotopic (exact) mass is 411 g/mol. The maximum absolute atomic E-state index is 14.0. The van der Waals surface area contributed by atoms with E-state index in [1.165, 1.54) is 4.52 Å². The summed E-state index contributed by atoms with van der Waals surface area (Å²) in [6.45, 7) is 0.803. The van der Waals surface area contributed by atoms with Crippen molar-refractivity contribution >= 4 is 22.5 Å². The number of pyridine rings is 1. The highest BCUT2D eigenvalue weighted by Gasteiger charge is 2.33. The SMILES string of the molecule is COc1cccc2c1nc(N)n1nc(C[C@@H](C(F)F)N3Cc4cccnc4C3)nc21. The molecule has 154 valence electrons. The second-order valence-electron chi connectivity index (χ2n) is 7.21. The van der Waals surface area contributed by atoms with Gasteiger partial charge in [0.25, 0.3) is 6.43 Å². The van der Waals surface area contributed by atoms with Crippen LogP contribution >= 0.6 is 0 Å². The molecule has 3 aromatic heterocycles. The molecule has 5 rings (SSSR count). The molecule has 0 unspecified atom stereocenters. The molecule has 1 aromatic carbocycles. The molecule has 10 heteroatoms. The van der Waals surface area contributed by atoms with Gasteiger partial charge in [0.1, 0.15) is 11.3 Å². The molecule has 1 aliphatic rings. The number of para-hydroxylation sites is 1. The van der Waals surface area contributed by atoms with Gasteiger partial charge in [0.15, 0.2) is 11.5 Å². The summed E-state index contributed by atoms with van der Waals surface area (Å²) in [5.41, 5.74) is 8.87. The Morgan fingerprint density at radius 3 is 2.80 bits per heavy atom. The number of anilines is 1. The summed E-state index contributed by atoms with van der Waals surface area (Å²) in [7, 11) is 1.54. The summed E-state index contributed by atoms with van der Waals surface area (Å²) in [6.07, 6.45) is -0.894. The van der Waals surface area contributed by atoms with Crippen LogP contribution in [-0.4, -0.2) is 49.0 Å². The lowest BCUT2D eigenvalue weighted by Crippen LogP contribution is -2.38. The first-order chi connectivity index (χ1) is 14.5. The van der Waals surface area contributed by atoms with Crippen molar-refractivity contribution in [3.63, 3.8) is 0 Å². The fourth-order valence-corrected chi connectivity index (χ4v) is 3.94. The van der Waals surface area contributed by atoms with E-state index in [9.17, 15) is 8.78 Å². The number of benzene rings is 1. The van der Waals surface area contributed by atoms with E-state index < -0.39 is 12.5 Å². The van der Waals surface area contributed by atoms with E-state index in [0.29, 0.717) is 35.4 Å². The highest BCUT2D eigenvalue weighted by Crippen LogP contribution is 2.29. The zero-order valence-electron chi connectivity index (χ0n) is 16.2. The van der Waals surface area contributed by atoms with Crippen LogP contribution in [0, 0.1) is 0 Å². The van der Waals surface area contributed by atoms with Gasteiger partial charge in [-0.3, -0.25) is 9.88 Å². The largest absolute Gasteiger partial charge is 0.494 e. The van der Waals surface area contributed by atoms with E-state index in [4.69, 9.17) is 10.5 Å². The molecule has 4 heterocycles. The van der Waals surface area contributed by atoms with E-state index in [0.717, 1.165) is 11.3 Å². The second kappa shape index (κ2) is 7.13. The lowest BCUT2D eigenvalue weighted by Gasteiger charge is -2.25. The van der Waals surface area contributed by atoms with Crippen molar-refractivity contribution in [2.45, 2.75) is 32.0 Å². The predicted octanol–water partition coefficient (Wildman–Crippen LogP) is 2.46. The lowest BCUT2D eigenvalue weighted by atomic mass is 10.1. The predicted molar refractivity (Wildman–Crippen MR) is 106 cm³/mol. The Morgan fingerprint density at radius 1 is 1.17 bits per heavy atom. The number of hydrogen-bond donors (Lipinski definition) is 1. The number of nitrogens with two attached hydrogens (primary N) is 1. The molecule has 0 amide bonds. The normalized spacial score (nSPS) is 15.2. The van der Waals surface area contributed by atoms with E-state index in [1.54, 1.807) is 24.3 Å². The molecule has 30 heavy (non-hydrogen) atoms. The Labute approximate surface area is 170 Å². The zero-order valence-corrected chi connectivity index (χ0v) is 16.2. The average molecular weight is 411 g/mol. The van der Waals surface area contributed by atoms with Gasteiger partial charge in [-0.2, -0.15) is 4.52 Å². The van der Waals surface area contributed by atoms with E-state index in [2.05, 4.69) is 20.1 Å². The molecule has 0 aliphatic carbocycles. The number of ether oxygens (including phenoxy) is 1. The van der Waals surface area contributed by atoms with Gasteiger partial charge in [0.2, 0.25) is 5.95 Å². The number of nitrogens with zero attached hydrogens (tertiary/aromatic N) is 6. The Morgan fingerprint density at radius 2 is 2.03 bits per heavy atom. The van der Waals surface area contributed by atoms with Crippen LogP contribution in [-0.2, 0) is 19.5 Å². The van der Waals surface area contributed by atoms with Gasteiger partial charge in [-0.25, -0.2) is 18.7 Å². The van der Waals surface area contributed by atoms with Gasteiger partial charge in [-0.1, -0.05) is 12.1 Å². The first-order valence-electron chi connectivity index (χ1n) is 9.48.